The SMILES string of the molecule is CC(C)N(CCO)c1cc(C(=O)O)cc(C(C)(C)C)n1. The molecule has 1 aromatic heterocycles. The minimum absolute atomic E-state index is 0.00199. The number of pyridine rings is 1. The van der Waals surface area contributed by atoms with Crippen LogP contribution < -0.4 is 4.90 Å². The van der Waals surface area contributed by atoms with Gasteiger partial charge in [0.2, 0.25) is 0 Å². The van der Waals surface area contributed by atoms with Gasteiger partial charge in [-0.25, -0.2) is 9.78 Å². The number of carboxylic acid groups (broad SMARTS) is 1. The molecule has 112 valence electrons. The summed E-state index contributed by atoms with van der Waals surface area (Å²) in [6, 6.07) is 3.31. The van der Waals surface area contributed by atoms with E-state index in [2.05, 4.69) is 4.98 Å². The smallest absolute Gasteiger partial charge is 0.335 e. The molecule has 0 unspecified atom stereocenters. The maximum atomic E-state index is 11.3. The van der Waals surface area contributed by atoms with Crippen molar-refractivity contribution in [1.82, 2.24) is 4.98 Å². The molecule has 1 aromatic rings. The predicted octanol–water partition coefficient (Wildman–Crippen LogP) is 2.28. The Morgan fingerprint density at radius 2 is 1.95 bits per heavy atom. The summed E-state index contributed by atoms with van der Waals surface area (Å²) in [6.07, 6.45) is 0. The zero-order valence-electron chi connectivity index (χ0n) is 12.8. The van der Waals surface area contributed by atoms with Crippen LogP contribution in [0, 0.1) is 0 Å². The molecule has 0 spiro atoms. The van der Waals surface area contributed by atoms with Crippen molar-refractivity contribution in [3.8, 4) is 0 Å². The van der Waals surface area contributed by atoms with Crippen molar-refractivity contribution in [1.29, 1.82) is 0 Å². The molecule has 0 amide bonds. The molecule has 0 atom stereocenters. The minimum atomic E-state index is -0.966. The largest absolute Gasteiger partial charge is 0.478 e. The van der Waals surface area contributed by atoms with Crippen LogP contribution in [-0.2, 0) is 5.41 Å². The van der Waals surface area contributed by atoms with Crippen LogP contribution in [-0.4, -0.2) is 40.4 Å². The number of aliphatic hydroxyl groups excluding tert-OH is 1. The summed E-state index contributed by atoms with van der Waals surface area (Å²) >= 11 is 0. The third kappa shape index (κ3) is 3.93. The molecule has 1 heterocycles. The average Bonchev–Trinajstić information content (AvgIpc) is 2.33. The van der Waals surface area contributed by atoms with Crippen LogP contribution in [0.2, 0.25) is 0 Å². The Hall–Kier alpha value is -1.62. The van der Waals surface area contributed by atoms with Gasteiger partial charge in [0.1, 0.15) is 5.82 Å². The minimum Gasteiger partial charge on any atom is -0.478 e. The summed E-state index contributed by atoms with van der Waals surface area (Å²) in [7, 11) is 0. The number of hydrogen-bond donors (Lipinski definition) is 2. The first-order valence-electron chi connectivity index (χ1n) is 6.80. The van der Waals surface area contributed by atoms with Crippen LogP contribution in [0.4, 0.5) is 5.82 Å². The summed E-state index contributed by atoms with van der Waals surface area (Å²) in [4.78, 5) is 17.8. The highest BCUT2D eigenvalue weighted by Crippen LogP contribution is 2.25. The number of hydrogen-bond acceptors (Lipinski definition) is 4. The molecule has 0 aromatic carbocycles. The Morgan fingerprint density at radius 3 is 2.35 bits per heavy atom. The molecule has 0 aliphatic rings. The van der Waals surface area contributed by atoms with E-state index in [1.807, 2.05) is 39.5 Å². The summed E-state index contributed by atoms with van der Waals surface area (Å²) in [5.74, 6) is -0.370. The second-order valence-electron chi connectivity index (χ2n) is 6.17. The quantitative estimate of drug-likeness (QED) is 0.865. The fraction of sp³-hybridized carbons (Fsp3) is 0.600. The van der Waals surface area contributed by atoms with Crippen LogP contribution in [0.25, 0.3) is 0 Å². The van der Waals surface area contributed by atoms with Gasteiger partial charge in [0.15, 0.2) is 0 Å². The molecule has 2 N–H and O–H groups in total. The second-order valence-corrected chi connectivity index (χ2v) is 6.17. The van der Waals surface area contributed by atoms with Gasteiger partial charge in [-0.3, -0.25) is 0 Å². The number of aromatic carboxylic acids is 1. The highest BCUT2D eigenvalue weighted by molar-refractivity contribution is 5.88. The number of carbonyl (C=O) groups is 1. The fourth-order valence-corrected chi connectivity index (χ4v) is 1.92. The van der Waals surface area contributed by atoms with Gasteiger partial charge >= 0.3 is 5.97 Å². The lowest BCUT2D eigenvalue weighted by Gasteiger charge is -2.29. The zero-order chi connectivity index (χ0) is 15.5. The lowest BCUT2D eigenvalue weighted by Crippen LogP contribution is -2.35. The molecule has 0 saturated carbocycles. The van der Waals surface area contributed by atoms with E-state index >= 15 is 0 Å². The number of rotatable bonds is 5. The highest BCUT2D eigenvalue weighted by atomic mass is 16.4. The van der Waals surface area contributed by atoms with Crippen molar-refractivity contribution in [3.63, 3.8) is 0 Å². The zero-order valence-corrected chi connectivity index (χ0v) is 12.8. The van der Waals surface area contributed by atoms with E-state index in [1.54, 1.807) is 12.1 Å². The topological polar surface area (TPSA) is 73.7 Å². The standard InChI is InChI=1S/C15H24N2O3/c1-10(2)17(6-7-18)13-9-11(14(19)20)8-12(16-13)15(3,4)5/h8-10,18H,6-7H2,1-5H3,(H,19,20). The van der Waals surface area contributed by atoms with Gasteiger partial charge in [-0.15, -0.1) is 0 Å². The normalized spacial score (nSPS) is 11.8. The predicted molar refractivity (Wildman–Crippen MR) is 79.5 cm³/mol. The van der Waals surface area contributed by atoms with Crippen molar-refractivity contribution >= 4 is 11.8 Å². The molecule has 20 heavy (non-hydrogen) atoms. The molecule has 0 aliphatic carbocycles. The van der Waals surface area contributed by atoms with E-state index in [4.69, 9.17) is 5.11 Å². The van der Waals surface area contributed by atoms with Gasteiger partial charge in [0.25, 0.3) is 0 Å². The van der Waals surface area contributed by atoms with E-state index in [9.17, 15) is 9.90 Å². The van der Waals surface area contributed by atoms with E-state index in [0.717, 1.165) is 5.69 Å². The Labute approximate surface area is 120 Å². The Bertz CT molecular complexity index is 478. The van der Waals surface area contributed by atoms with Gasteiger partial charge in [-0.1, -0.05) is 20.8 Å². The van der Waals surface area contributed by atoms with E-state index in [-0.39, 0.29) is 23.6 Å². The van der Waals surface area contributed by atoms with E-state index in [1.165, 1.54) is 0 Å². The van der Waals surface area contributed by atoms with Crippen LogP contribution in [0.15, 0.2) is 12.1 Å². The first-order valence-corrected chi connectivity index (χ1v) is 6.80. The van der Waals surface area contributed by atoms with Gasteiger partial charge in [-0.05, 0) is 26.0 Å². The molecule has 5 nitrogen and oxygen atoms in total. The lowest BCUT2D eigenvalue weighted by molar-refractivity contribution is 0.0696. The summed E-state index contributed by atoms with van der Waals surface area (Å²) < 4.78 is 0. The van der Waals surface area contributed by atoms with Crippen LogP contribution in [0.3, 0.4) is 0 Å². The molecular weight excluding hydrogens is 256 g/mol. The van der Waals surface area contributed by atoms with Crippen molar-refractivity contribution in [2.24, 2.45) is 0 Å². The number of carboxylic acids is 1. The third-order valence-electron chi connectivity index (χ3n) is 3.09. The summed E-state index contributed by atoms with van der Waals surface area (Å²) in [5, 5.41) is 18.4. The fourth-order valence-electron chi connectivity index (χ4n) is 1.92. The Morgan fingerprint density at radius 1 is 1.35 bits per heavy atom. The van der Waals surface area contributed by atoms with Gasteiger partial charge in [0, 0.05) is 23.7 Å². The monoisotopic (exact) mass is 280 g/mol. The third-order valence-corrected chi connectivity index (χ3v) is 3.09. The summed E-state index contributed by atoms with van der Waals surface area (Å²) in [6.45, 7) is 10.4. The van der Waals surface area contributed by atoms with Crippen molar-refractivity contribution in [2.75, 3.05) is 18.1 Å². The molecule has 1 rings (SSSR count). The molecule has 0 saturated heterocycles. The van der Waals surface area contributed by atoms with Crippen LogP contribution >= 0.6 is 0 Å². The van der Waals surface area contributed by atoms with Crippen molar-refractivity contribution in [2.45, 2.75) is 46.1 Å². The lowest BCUT2D eigenvalue weighted by atomic mass is 9.90. The summed E-state index contributed by atoms with van der Waals surface area (Å²) in [5.41, 5.74) is 0.724. The van der Waals surface area contributed by atoms with Gasteiger partial charge in [0.05, 0.1) is 12.2 Å². The molecule has 0 radical (unpaired) electrons. The highest BCUT2D eigenvalue weighted by Gasteiger charge is 2.21. The Balaban J connectivity index is 3.37. The van der Waals surface area contributed by atoms with E-state index < -0.39 is 5.97 Å². The number of aromatic nitrogens is 1. The van der Waals surface area contributed by atoms with Gasteiger partial charge in [-0.2, -0.15) is 0 Å². The maximum Gasteiger partial charge on any atom is 0.335 e. The first kappa shape index (κ1) is 16.4. The Kier molecular flexibility index (Phi) is 5.11. The molecular formula is C15H24N2O3. The number of nitrogens with zero attached hydrogens (tertiary/aromatic N) is 2. The van der Waals surface area contributed by atoms with E-state index in [0.29, 0.717) is 12.4 Å². The maximum absolute atomic E-state index is 11.3. The molecule has 5 heteroatoms. The first-order chi connectivity index (χ1) is 9.16. The van der Waals surface area contributed by atoms with Crippen LogP contribution in [0.5, 0.6) is 0 Å². The van der Waals surface area contributed by atoms with Crippen molar-refractivity contribution in [3.05, 3.63) is 23.4 Å². The van der Waals surface area contributed by atoms with Crippen molar-refractivity contribution < 1.29 is 15.0 Å². The molecule has 0 aliphatic heterocycles. The molecule has 0 fully saturated rings. The van der Waals surface area contributed by atoms with Crippen LogP contribution in [0.1, 0.15) is 50.7 Å². The molecule has 0 bridgehead atoms. The average molecular weight is 280 g/mol. The second kappa shape index (κ2) is 6.22. The number of aliphatic hydroxyl groups is 1. The van der Waals surface area contributed by atoms with Gasteiger partial charge < -0.3 is 15.1 Å². The number of anilines is 1.